The van der Waals surface area contributed by atoms with Gasteiger partial charge in [0.1, 0.15) is 17.1 Å². The minimum atomic E-state index is -0.352. The first kappa shape index (κ1) is 23.4. The summed E-state index contributed by atoms with van der Waals surface area (Å²) < 4.78 is 24.2. The van der Waals surface area contributed by atoms with Gasteiger partial charge in [-0.15, -0.1) is 0 Å². The van der Waals surface area contributed by atoms with Gasteiger partial charge in [-0.2, -0.15) is 0 Å². The van der Waals surface area contributed by atoms with Crippen LogP contribution < -0.4 is 15.9 Å². The first-order chi connectivity index (χ1) is 17.2. The lowest BCUT2D eigenvalue weighted by Crippen LogP contribution is -2.18. The largest absolute Gasteiger partial charge is 0.455 e. The third kappa shape index (κ3) is 3.82. The number of aryl methyl sites for hydroxylation is 5. The lowest BCUT2D eigenvalue weighted by atomic mass is 10.0. The van der Waals surface area contributed by atoms with E-state index in [9.17, 15) is 14.0 Å². The van der Waals surface area contributed by atoms with Gasteiger partial charge >= 0.3 is 0 Å². The van der Waals surface area contributed by atoms with Gasteiger partial charge in [0.05, 0.1) is 6.20 Å². The Morgan fingerprint density at radius 1 is 0.833 bits per heavy atom. The van der Waals surface area contributed by atoms with E-state index in [1.54, 1.807) is 57.7 Å². The monoisotopic (exact) mass is 485 g/mol. The number of benzene rings is 2. The standard InChI is InChI=1S/C29H26FN3O3.H2/c1-16-8-7-11-19(26(16)30)23-12-21-22(14-33(5)29(35)27(21)31-23)20-13-25(34)32(4)15-24(20)36-28-17(2)9-6-10-18(28)3;/h6-15,31H,1-5H3;1H. The summed E-state index contributed by atoms with van der Waals surface area (Å²) in [6, 6.07) is 14.3. The highest BCUT2D eigenvalue weighted by atomic mass is 19.1. The summed E-state index contributed by atoms with van der Waals surface area (Å²) in [5, 5.41) is 0.577. The van der Waals surface area contributed by atoms with Crippen LogP contribution in [0.1, 0.15) is 18.1 Å². The summed E-state index contributed by atoms with van der Waals surface area (Å²) in [6.45, 7) is 5.62. The van der Waals surface area contributed by atoms with Gasteiger partial charge in [-0.1, -0.05) is 30.3 Å². The Balaban J connectivity index is 0.00000320. The van der Waals surface area contributed by atoms with Crippen LogP contribution in [0.4, 0.5) is 4.39 Å². The number of aromatic amines is 1. The zero-order valence-corrected chi connectivity index (χ0v) is 20.8. The number of fused-ring (bicyclic) bond motifs is 1. The van der Waals surface area contributed by atoms with Crippen molar-refractivity contribution in [3.63, 3.8) is 0 Å². The number of pyridine rings is 2. The minimum Gasteiger partial charge on any atom is -0.455 e. The number of nitrogens with one attached hydrogen (secondary N) is 1. The molecule has 2 aromatic carbocycles. The maximum atomic E-state index is 14.9. The highest BCUT2D eigenvalue weighted by molar-refractivity contribution is 5.98. The first-order valence-electron chi connectivity index (χ1n) is 11.6. The molecule has 1 N–H and O–H groups in total. The van der Waals surface area contributed by atoms with Gasteiger partial charge in [-0.05, 0) is 49.6 Å². The van der Waals surface area contributed by atoms with Crippen molar-refractivity contribution < 1.29 is 10.6 Å². The number of halogens is 1. The van der Waals surface area contributed by atoms with Gasteiger partial charge in [0.15, 0.2) is 5.75 Å². The van der Waals surface area contributed by atoms with Crippen molar-refractivity contribution in [1.82, 2.24) is 14.1 Å². The lowest BCUT2D eigenvalue weighted by Gasteiger charge is -2.17. The molecule has 0 aliphatic carbocycles. The van der Waals surface area contributed by atoms with Gasteiger partial charge in [0, 0.05) is 55.6 Å². The molecule has 184 valence electrons. The molecule has 3 aromatic heterocycles. The fourth-order valence-corrected chi connectivity index (χ4v) is 4.52. The SMILES string of the molecule is Cc1cccc(-c2cc3c(-c4cc(=O)n(C)cc4Oc4c(C)cccc4C)cn(C)c(=O)c3[nH]2)c1F.[HH]. The molecule has 0 spiro atoms. The molecule has 0 bridgehead atoms. The van der Waals surface area contributed by atoms with Gasteiger partial charge < -0.3 is 18.9 Å². The minimum absolute atomic E-state index is 0. The third-order valence-corrected chi connectivity index (χ3v) is 6.55. The highest BCUT2D eigenvalue weighted by Gasteiger charge is 2.20. The van der Waals surface area contributed by atoms with E-state index in [1.165, 1.54) is 15.2 Å². The van der Waals surface area contributed by atoms with Crippen molar-refractivity contribution >= 4 is 10.9 Å². The predicted molar refractivity (Wildman–Crippen MR) is 142 cm³/mol. The number of ether oxygens (including phenoxy) is 1. The molecule has 6 nitrogen and oxygen atoms in total. The highest BCUT2D eigenvalue weighted by Crippen LogP contribution is 2.38. The molecule has 5 rings (SSSR count). The second-order valence-electron chi connectivity index (χ2n) is 9.19. The number of rotatable bonds is 4. The molecule has 3 heterocycles. The zero-order valence-electron chi connectivity index (χ0n) is 20.8. The summed E-state index contributed by atoms with van der Waals surface area (Å²) in [7, 11) is 3.31. The average Bonchev–Trinajstić information content (AvgIpc) is 3.28. The Bertz CT molecular complexity index is 1760. The van der Waals surface area contributed by atoms with Crippen LogP contribution in [0.25, 0.3) is 33.3 Å². The molecule has 0 unspecified atom stereocenters. The topological polar surface area (TPSA) is 69.0 Å². The number of nitrogens with zero attached hydrogens (tertiary/aromatic N) is 2. The molecule has 0 aliphatic rings. The van der Waals surface area contributed by atoms with Crippen LogP contribution in [0.2, 0.25) is 0 Å². The smallest absolute Gasteiger partial charge is 0.274 e. The Labute approximate surface area is 208 Å². The molecule has 0 saturated carbocycles. The van der Waals surface area contributed by atoms with E-state index in [-0.39, 0.29) is 18.4 Å². The van der Waals surface area contributed by atoms with Crippen molar-refractivity contribution in [2.45, 2.75) is 20.8 Å². The van der Waals surface area contributed by atoms with Gasteiger partial charge in [-0.25, -0.2) is 4.39 Å². The van der Waals surface area contributed by atoms with Crippen molar-refractivity contribution in [2.75, 3.05) is 0 Å². The number of para-hydroxylation sites is 1. The average molecular weight is 486 g/mol. The maximum absolute atomic E-state index is 14.9. The van der Waals surface area contributed by atoms with E-state index >= 15 is 0 Å². The molecule has 0 aliphatic heterocycles. The van der Waals surface area contributed by atoms with E-state index in [2.05, 4.69) is 4.98 Å². The fraction of sp³-hybridized carbons (Fsp3) is 0.172. The quantitative estimate of drug-likeness (QED) is 0.339. The molecule has 0 amide bonds. The summed E-state index contributed by atoms with van der Waals surface area (Å²) in [6.07, 6.45) is 3.33. The van der Waals surface area contributed by atoms with E-state index in [4.69, 9.17) is 4.74 Å². The van der Waals surface area contributed by atoms with E-state index < -0.39 is 0 Å². The van der Waals surface area contributed by atoms with Gasteiger partial charge in [0.25, 0.3) is 11.1 Å². The van der Waals surface area contributed by atoms with Crippen LogP contribution in [-0.4, -0.2) is 14.1 Å². The Morgan fingerprint density at radius 3 is 2.22 bits per heavy atom. The first-order valence-corrected chi connectivity index (χ1v) is 11.6. The van der Waals surface area contributed by atoms with Crippen LogP contribution in [0.3, 0.4) is 0 Å². The molecular formula is C29H28FN3O3. The van der Waals surface area contributed by atoms with Gasteiger partial charge in [0.2, 0.25) is 0 Å². The van der Waals surface area contributed by atoms with Gasteiger partial charge in [-0.3, -0.25) is 9.59 Å². The van der Waals surface area contributed by atoms with Crippen LogP contribution in [-0.2, 0) is 14.1 Å². The lowest BCUT2D eigenvalue weighted by molar-refractivity contribution is 0.470. The van der Waals surface area contributed by atoms with E-state index in [0.717, 1.165) is 11.1 Å². The molecule has 7 heteroatoms. The second kappa shape index (κ2) is 8.68. The Kier molecular flexibility index (Phi) is 5.63. The van der Waals surface area contributed by atoms with Crippen LogP contribution in [0.5, 0.6) is 11.5 Å². The molecule has 0 saturated heterocycles. The molecular weight excluding hydrogens is 457 g/mol. The number of aromatic nitrogens is 3. The van der Waals surface area contributed by atoms with E-state index in [1.807, 2.05) is 32.0 Å². The summed E-state index contributed by atoms with van der Waals surface area (Å²) in [5.74, 6) is 0.823. The number of hydrogen-bond donors (Lipinski definition) is 1. The third-order valence-electron chi connectivity index (χ3n) is 6.55. The normalized spacial score (nSPS) is 11.3. The van der Waals surface area contributed by atoms with Crippen molar-refractivity contribution in [2.24, 2.45) is 14.1 Å². The second-order valence-corrected chi connectivity index (χ2v) is 9.19. The maximum Gasteiger partial charge on any atom is 0.274 e. The Hall–Kier alpha value is -4.39. The molecule has 0 fully saturated rings. The molecule has 36 heavy (non-hydrogen) atoms. The molecule has 0 radical (unpaired) electrons. The van der Waals surface area contributed by atoms with Crippen LogP contribution >= 0.6 is 0 Å². The molecule has 0 atom stereocenters. The number of hydrogen-bond acceptors (Lipinski definition) is 3. The Morgan fingerprint density at radius 2 is 1.50 bits per heavy atom. The summed E-state index contributed by atoms with van der Waals surface area (Å²) in [5.41, 5.74) is 4.29. The molecule has 5 aromatic rings. The predicted octanol–water partition coefficient (Wildman–Crippen LogP) is 6.00. The van der Waals surface area contributed by atoms with Crippen LogP contribution in [0.15, 0.2) is 70.5 Å². The summed E-state index contributed by atoms with van der Waals surface area (Å²) in [4.78, 5) is 28.9. The van der Waals surface area contributed by atoms with Crippen molar-refractivity contribution in [3.8, 4) is 33.9 Å². The zero-order chi connectivity index (χ0) is 25.7. The number of H-pyrrole nitrogens is 1. The van der Waals surface area contributed by atoms with Crippen molar-refractivity contribution in [1.29, 1.82) is 0 Å². The summed E-state index contributed by atoms with van der Waals surface area (Å²) >= 11 is 0. The van der Waals surface area contributed by atoms with E-state index in [0.29, 0.717) is 50.3 Å². The fourth-order valence-electron chi connectivity index (χ4n) is 4.52. The van der Waals surface area contributed by atoms with Crippen LogP contribution in [0, 0.1) is 26.6 Å². The van der Waals surface area contributed by atoms with Crippen molar-refractivity contribution in [3.05, 3.63) is 104 Å².